The standard InChI is InChI=1S/C8H8N4S2/c1-5-2-10-7(11-3-5)14-8-12-4-6(9)13-8/h2-4H,9H2,1H3. The number of aromatic nitrogens is 3. The Bertz CT molecular complexity index is 423. The molecule has 2 N–H and O–H groups in total. The van der Waals surface area contributed by atoms with Gasteiger partial charge in [-0.25, -0.2) is 15.0 Å². The molecule has 6 heteroatoms. The van der Waals surface area contributed by atoms with Gasteiger partial charge in [0.15, 0.2) is 9.50 Å². The summed E-state index contributed by atoms with van der Waals surface area (Å²) in [5.74, 6) is 0. The van der Waals surface area contributed by atoms with E-state index < -0.39 is 0 Å². The van der Waals surface area contributed by atoms with Crippen LogP contribution in [0.2, 0.25) is 0 Å². The molecule has 2 aromatic heterocycles. The predicted molar refractivity (Wildman–Crippen MR) is 57.4 cm³/mol. The summed E-state index contributed by atoms with van der Waals surface area (Å²) in [7, 11) is 0. The van der Waals surface area contributed by atoms with Crippen LogP contribution < -0.4 is 5.73 Å². The molecule has 0 radical (unpaired) electrons. The van der Waals surface area contributed by atoms with Crippen molar-refractivity contribution in [1.82, 2.24) is 15.0 Å². The SMILES string of the molecule is Cc1cnc(Sc2ncc(N)s2)nc1. The lowest BCUT2D eigenvalue weighted by Crippen LogP contribution is -1.85. The van der Waals surface area contributed by atoms with E-state index in [9.17, 15) is 0 Å². The lowest BCUT2D eigenvalue weighted by molar-refractivity contribution is 0.948. The van der Waals surface area contributed by atoms with Crippen molar-refractivity contribution in [3.63, 3.8) is 0 Å². The van der Waals surface area contributed by atoms with Gasteiger partial charge in [0.2, 0.25) is 0 Å². The minimum atomic E-state index is 0.699. The van der Waals surface area contributed by atoms with Crippen LogP contribution in [0.15, 0.2) is 28.1 Å². The number of nitrogen functional groups attached to an aromatic ring is 1. The molecule has 0 amide bonds. The first-order chi connectivity index (χ1) is 6.74. The third kappa shape index (κ3) is 2.21. The summed E-state index contributed by atoms with van der Waals surface area (Å²) in [5.41, 5.74) is 6.61. The van der Waals surface area contributed by atoms with Crippen LogP contribution in [0.1, 0.15) is 5.56 Å². The maximum Gasteiger partial charge on any atom is 0.194 e. The van der Waals surface area contributed by atoms with Gasteiger partial charge >= 0.3 is 0 Å². The lowest BCUT2D eigenvalue weighted by atomic mass is 10.4. The van der Waals surface area contributed by atoms with Gasteiger partial charge in [-0.2, -0.15) is 0 Å². The van der Waals surface area contributed by atoms with Crippen molar-refractivity contribution in [2.45, 2.75) is 16.4 Å². The monoisotopic (exact) mass is 224 g/mol. The highest BCUT2D eigenvalue weighted by Gasteiger charge is 2.03. The first-order valence-electron chi connectivity index (χ1n) is 3.92. The molecule has 0 saturated carbocycles. The predicted octanol–water partition coefficient (Wildman–Crippen LogP) is 1.97. The second-order valence-corrected chi connectivity index (χ2v) is 4.95. The van der Waals surface area contributed by atoms with Crippen molar-refractivity contribution in [1.29, 1.82) is 0 Å². The number of aryl methyl sites for hydroxylation is 1. The summed E-state index contributed by atoms with van der Waals surface area (Å²) in [5, 5.41) is 1.41. The Morgan fingerprint density at radius 3 is 2.50 bits per heavy atom. The van der Waals surface area contributed by atoms with Crippen molar-refractivity contribution < 1.29 is 0 Å². The Morgan fingerprint density at radius 2 is 1.93 bits per heavy atom. The first-order valence-corrected chi connectivity index (χ1v) is 5.55. The van der Waals surface area contributed by atoms with Gasteiger partial charge in [-0.3, -0.25) is 0 Å². The van der Waals surface area contributed by atoms with Crippen LogP contribution in [0, 0.1) is 6.92 Å². The van der Waals surface area contributed by atoms with Crippen molar-refractivity contribution in [2.75, 3.05) is 5.73 Å². The molecule has 0 aliphatic carbocycles. The van der Waals surface area contributed by atoms with Gasteiger partial charge in [0.1, 0.15) is 5.00 Å². The van der Waals surface area contributed by atoms with Crippen molar-refractivity contribution in [3.05, 3.63) is 24.2 Å². The molecule has 0 aliphatic rings. The topological polar surface area (TPSA) is 64.7 Å². The van der Waals surface area contributed by atoms with Gasteiger partial charge in [-0.15, -0.1) is 0 Å². The second kappa shape index (κ2) is 3.93. The minimum Gasteiger partial charge on any atom is -0.389 e. The summed E-state index contributed by atoms with van der Waals surface area (Å²) >= 11 is 2.86. The Labute approximate surface area is 89.6 Å². The fraction of sp³-hybridized carbons (Fsp3) is 0.125. The summed E-state index contributed by atoms with van der Waals surface area (Å²) < 4.78 is 0.867. The van der Waals surface area contributed by atoms with Gasteiger partial charge in [-0.1, -0.05) is 11.3 Å². The zero-order chi connectivity index (χ0) is 9.97. The smallest absolute Gasteiger partial charge is 0.194 e. The molecule has 4 nitrogen and oxygen atoms in total. The maximum atomic E-state index is 5.56. The highest BCUT2D eigenvalue weighted by Crippen LogP contribution is 2.29. The van der Waals surface area contributed by atoms with Crippen LogP contribution in [0.5, 0.6) is 0 Å². The maximum absolute atomic E-state index is 5.56. The van der Waals surface area contributed by atoms with Gasteiger partial charge in [0.25, 0.3) is 0 Å². The van der Waals surface area contributed by atoms with E-state index in [2.05, 4.69) is 15.0 Å². The molecule has 0 aliphatic heterocycles. The summed E-state index contributed by atoms with van der Waals surface area (Å²) in [4.78, 5) is 12.4. The van der Waals surface area contributed by atoms with E-state index in [4.69, 9.17) is 5.73 Å². The quantitative estimate of drug-likeness (QED) is 0.790. The second-order valence-electron chi connectivity index (χ2n) is 2.67. The van der Waals surface area contributed by atoms with Crippen LogP contribution in [0.3, 0.4) is 0 Å². The van der Waals surface area contributed by atoms with Crippen molar-refractivity contribution in [3.8, 4) is 0 Å². The minimum absolute atomic E-state index is 0.699. The van der Waals surface area contributed by atoms with Gasteiger partial charge in [0, 0.05) is 12.4 Å². The molecule has 0 aromatic carbocycles. The Balaban J connectivity index is 2.15. The Hall–Kier alpha value is -1.14. The number of rotatable bonds is 2. The Morgan fingerprint density at radius 1 is 1.21 bits per heavy atom. The number of anilines is 1. The van der Waals surface area contributed by atoms with Crippen molar-refractivity contribution in [2.24, 2.45) is 0 Å². The third-order valence-corrected chi connectivity index (χ3v) is 3.23. The van der Waals surface area contributed by atoms with Crippen LogP contribution in [0.25, 0.3) is 0 Å². The summed E-state index contributed by atoms with van der Waals surface area (Å²) in [6.07, 6.45) is 5.21. The van der Waals surface area contributed by atoms with E-state index in [0.29, 0.717) is 10.2 Å². The van der Waals surface area contributed by atoms with E-state index in [-0.39, 0.29) is 0 Å². The number of hydrogen-bond acceptors (Lipinski definition) is 6. The van der Waals surface area contributed by atoms with Gasteiger partial charge in [0.05, 0.1) is 6.20 Å². The molecule has 0 saturated heterocycles. The zero-order valence-electron chi connectivity index (χ0n) is 7.47. The normalized spacial score (nSPS) is 10.4. The number of thiazole rings is 1. The highest BCUT2D eigenvalue weighted by atomic mass is 32.2. The molecule has 14 heavy (non-hydrogen) atoms. The first kappa shape index (κ1) is 9.42. The van der Waals surface area contributed by atoms with E-state index in [0.717, 1.165) is 9.90 Å². The molecule has 0 spiro atoms. The van der Waals surface area contributed by atoms with E-state index in [1.54, 1.807) is 18.6 Å². The highest BCUT2D eigenvalue weighted by molar-refractivity contribution is 8.00. The Kier molecular flexibility index (Phi) is 2.64. The van der Waals surface area contributed by atoms with Gasteiger partial charge in [-0.05, 0) is 24.2 Å². The van der Waals surface area contributed by atoms with Crippen LogP contribution in [-0.2, 0) is 0 Å². The van der Waals surface area contributed by atoms with Crippen LogP contribution in [0.4, 0.5) is 5.00 Å². The molecule has 0 unspecified atom stereocenters. The summed E-state index contributed by atoms with van der Waals surface area (Å²) in [6, 6.07) is 0. The molecule has 2 rings (SSSR count). The fourth-order valence-corrected chi connectivity index (χ4v) is 2.39. The number of nitrogens with zero attached hydrogens (tertiary/aromatic N) is 3. The molecule has 0 bridgehead atoms. The van der Waals surface area contributed by atoms with Gasteiger partial charge < -0.3 is 5.73 Å². The van der Waals surface area contributed by atoms with E-state index in [1.807, 2.05) is 6.92 Å². The lowest BCUT2D eigenvalue weighted by Gasteiger charge is -1.95. The average Bonchev–Trinajstić information content (AvgIpc) is 2.56. The molecule has 0 atom stereocenters. The van der Waals surface area contributed by atoms with Crippen LogP contribution >= 0.6 is 23.1 Å². The van der Waals surface area contributed by atoms with E-state index >= 15 is 0 Å². The molecule has 2 heterocycles. The molecular formula is C8H8N4S2. The number of nitrogens with two attached hydrogens (primary N) is 1. The molecule has 72 valence electrons. The third-order valence-electron chi connectivity index (χ3n) is 1.44. The van der Waals surface area contributed by atoms with E-state index in [1.165, 1.54) is 23.1 Å². The average molecular weight is 224 g/mol. The molecule has 2 aromatic rings. The van der Waals surface area contributed by atoms with Crippen LogP contribution in [-0.4, -0.2) is 15.0 Å². The number of hydrogen-bond donors (Lipinski definition) is 1. The largest absolute Gasteiger partial charge is 0.389 e. The molecule has 0 fully saturated rings. The summed E-state index contributed by atoms with van der Waals surface area (Å²) in [6.45, 7) is 1.95. The molecular weight excluding hydrogens is 216 g/mol. The fourth-order valence-electron chi connectivity index (χ4n) is 0.829. The van der Waals surface area contributed by atoms with Crippen molar-refractivity contribution >= 4 is 28.1 Å². The zero-order valence-corrected chi connectivity index (χ0v) is 9.10.